The van der Waals surface area contributed by atoms with Crippen molar-refractivity contribution in [3.8, 4) is 11.4 Å². The maximum atomic E-state index is 11.3. The highest BCUT2D eigenvalue weighted by Gasteiger charge is 2.21. The van der Waals surface area contributed by atoms with E-state index in [1.807, 2.05) is 0 Å². The second-order valence-corrected chi connectivity index (χ2v) is 5.90. The summed E-state index contributed by atoms with van der Waals surface area (Å²) in [6.45, 7) is -0.269. The van der Waals surface area contributed by atoms with E-state index in [0.29, 0.717) is 22.3 Å². The van der Waals surface area contributed by atoms with E-state index in [1.165, 1.54) is 40.7 Å². The molecule has 0 saturated heterocycles. The number of rotatable bonds is 5. The number of ether oxygens (including phenoxy) is 1. The molecule has 25 heavy (non-hydrogen) atoms. The Morgan fingerprint density at radius 1 is 1.28 bits per heavy atom. The van der Waals surface area contributed by atoms with Gasteiger partial charge in [-0.2, -0.15) is 0 Å². The van der Waals surface area contributed by atoms with Crippen LogP contribution in [0.4, 0.5) is 5.69 Å². The molecule has 2 aromatic rings. The van der Waals surface area contributed by atoms with E-state index in [9.17, 15) is 19.7 Å². The van der Waals surface area contributed by atoms with Crippen molar-refractivity contribution in [2.24, 2.45) is 0 Å². The van der Waals surface area contributed by atoms with Crippen LogP contribution in [0.3, 0.4) is 0 Å². The number of hydrogen-bond acceptors (Lipinski definition) is 9. The van der Waals surface area contributed by atoms with Gasteiger partial charge in [-0.3, -0.25) is 19.7 Å². The van der Waals surface area contributed by atoms with Gasteiger partial charge in [0.25, 0.3) is 5.69 Å². The molecule has 1 aromatic heterocycles. The Balaban J connectivity index is 1.73. The van der Waals surface area contributed by atoms with Gasteiger partial charge in [-0.1, -0.05) is 11.8 Å². The summed E-state index contributed by atoms with van der Waals surface area (Å²) in [6.07, 6.45) is 1.15. The normalized spacial score (nSPS) is 14.2. The lowest BCUT2D eigenvalue weighted by atomic mass is 10.2. The van der Waals surface area contributed by atoms with E-state index >= 15 is 0 Å². The summed E-state index contributed by atoms with van der Waals surface area (Å²) in [7, 11) is 0. The van der Waals surface area contributed by atoms with Crippen LogP contribution in [0.1, 0.15) is 0 Å². The molecule has 10 nitrogen and oxygen atoms in total. The lowest BCUT2D eigenvalue weighted by molar-refractivity contribution is -0.384. The Labute approximate surface area is 144 Å². The maximum Gasteiger partial charge on any atom is 0.269 e. The number of nitrogen functional groups attached to an aromatic ring is 1. The topological polar surface area (TPSA) is 143 Å². The number of nitrogens with zero attached hydrogens (tertiary/aromatic N) is 4. The molecular weight excluding hydrogens is 350 g/mol. The number of nitro groups is 1. The first kappa shape index (κ1) is 16.6. The number of ketones is 2. The highest BCUT2D eigenvalue weighted by atomic mass is 32.2. The third-order valence-corrected chi connectivity index (χ3v) is 4.27. The number of carbonyl (C=O) groups excluding carboxylic acids is 2. The molecule has 1 aliphatic rings. The minimum absolute atomic E-state index is 0.0398. The first-order chi connectivity index (χ1) is 12.0. The monoisotopic (exact) mass is 361 g/mol. The molecule has 0 radical (unpaired) electrons. The molecule has 128 valence electrons. The molecule has 0 spiro atoms. The van der Waals surface area contributed by atoms with E-state index in [1.54, 1.807) is 0 Å². The molecule has 2 heterocycles. The first-order valence-corrected chi connectivity index (χ1v) is 7.93. The minimum Gasteiger partial charge on any atom is -0.489 e. The van der Waals surface area contributed by atoms with Gasteiger partial charge < -0.3 is 10.6 Å². The highest BCUT2D eigenvalue weighted by molar-refractivity contribution is 7.99. The molecule has 11 heteroatoms. The molecule has 0 fully saturated rings. The number of Topliss-reactive ketones (excluding diaryl/α,β-unsaturated/α-hetero) is 1. The summed E-state index contributed by atoms with van der Waals surface area (Å²) in [6, 6.07) is 5.74. The van der Waals surface area contributed by atoms with Gasteiger partial charge in [0.05, 0.1) is 10.7 Å². The molecule has 0 amide bonds. The number of non-ortho nitro benzene ring substituents is 1. The van der Waals surface area contributed by atoms with Crippen LogP contribution in [0.15, 0.2) is 41.3 Å². The van der Waals surface area contributed by atoms with Crippen molar-refractivity contribution in [1.29, 1.82) is 0 Å². The fourth-order valence-electron chi connectivity index (χ4n) is 2.02. The van der Waals surface area contributed by atoms with Crippen molar-refractivity contribution in [2.45, 2.75) is 5.16 Å². The smallest absolute Gasteiger partial charge is 0.269 e. The van der Waals surface area contributed by atoms with Gasteiger partial charge in [0, 0.05) is 23.8 Å². The fraction of sp³-hybridized carbons (Fsp3) is 0.143. The van der Waals surface area contributed by atoms with Gasteiger partial charge in [0.2, 0.25) is 16.7 Å². The summed E-state index contributed by atoms with van der Waals surface area (Å²) >= 11 is 1.18. The summed E-state index contributed by atoms with van der Waals surface area (Å²) in [4.78, 5) is 32.6. The molecule has 3 rings (SSSR count). The average Bonchev–Trinajstić information content (AvgIpc) is 2.97. The van der Waals surface area contributed by atoms with Crippen LogP contribution in [0.5, 0.6) is 0 Å². The van der Waals surface area contributed by atoms with Crippen LogP contribution in [-0.4, -0.2) is 43.7 Å². The van der Waals surface area contributed by atoms with Crippen LogP contribution in [0.25, 0.3) is 11.4 Å². The summed E-state index contributed by atoms with van der Waals surface area (Å²) < 4.78 is 6.40. The Morgan fingerprint density at radius 3 is 2.64 bits per heavy atom. The van der Waals surface area contributed by atoms with E-state index in [4.69, 9.17) is 10.6 Å². The predicted molar refractivity (Wildman–Crippen MR) is 87.0 cm³/mol. The summed E-state index contributed by atoms with van der Waals surface area (Å²) in [5, 5.41) is 19.0. The minimum atomic E-state index is -0.595. The van der Waals surface area contributed by atoms with Crippen LogP contribution in [0, 0.1) is 10.1 Å². The number of carbonyl (C=O) groups is 2. The van der Waals surface area contributed by atoms with Gasteiger partial charge in [0.1, 0.15) is 5.76 Å². The predicted octanol–water partition coefficient (Wildman–Crippen LogP) is 0.712. The van der Waals surface area contributed by atoms with Gasteiger partial charge in [-0.05, 0) is 12.1 Å². The van der Waals surface area contributed by atoms with Crippen LogP contribution in [0.2, 0.25) is 0 Å². The summed E-state index contributed by atoms with van der Waals surface area (Å²) in [5.41, 5.74) is 0.531. The van der Waals surface area contributed by atoms with Crippen molar-refractivity contribution in [1.82, 2.24) is 14.9 Å². The average molecular weight is 361 g/mol. The number of nitro benzene ring substituents is 1. The van der Waals surface area contributed by atoms with E-state index < -0.39 is 16.5 Å². The highest BCUT2D eigenvalue weighted by Crippen LogP contribution is 2.25. The Hall–Kier alpha value is -3.21. The SMILES string of the molecule is Nn1c(SCC2=CC(=O)C(=O)CO2)nnc1-c1ccc([N+](=O)[O-])cc1. The van der Waals surface area contributed by atoms with Crippen molar-refractivity contribution in [3.63, 3.8) is 0 Å². The first-order valence-electron chi connectivity index (χ1n) is 6.94. The maximum absolute atomic E-state index is 11.3. The molecule has 0 atom stereocenters. The van der Waals surface area contributed by atoms with Crippen molar-refractivity contribution in [3.05, 3.63) is 46.2 Å². The second kappa shape index (κ2) is 6.73. The zero-order chi connectivity index (χ0) is 18.0. The Bertz CT molecular complexity index is 890. The van der Waals surface area contributed by atoms with Gasteiger partial charge >= 0.3 is 0 Å². The van der Waals surface area contributed by atoms with E-state index in [2.05, 4.69) is 10.2 Å². The molecule has 0 unspecified atom stereocenters. The third kappa shape index (κ3) is 3.50. The molecule has 0 bridgehead atoms. The lowest BCUT2D eigenvalue weighted by Crippen LogP contribution is -2.23. The van der Waals surface area contributed by atoms with Crippen LogP contribution < -0.4 is 5.84 Å². The third-order valence-electron chi connectivity index (χ3n) is 3.30. The quantitative estimate of drug-likeness (QED) is 0.268. The molecule has 0 aliphatic carbocycles. The molecule has 1 aromatic carbocycles. The van der Waals surface area contributed by atoms with Gasteiger partial charge in [0.15, 0.2) is 12.4 Å². The largest absolute Gasteiger partial charge is 0.489 e. The van der Waals surface area contributed by atoms with Crippen LogP contribution >= 0.6 is 11.8 Å². The Morgan fingerprint density at radius 2 is 2.00 bits per heavy atom. The van der Waals surface area contributed by atoms with Crippen molar-refractivity contribution >= 4 is 29.0 Å². The lowest BCUT2D eigenvalue weighted by Gasteiger charge is -2.12. The number of allylic oxidation sites excluding steroid dienone is 1. The van der Waals surface area contributed by atoms with Crippen molar-refractivity contribution in [2.75, 3.05) is 18.2 Å². The fourth-order valence-corrected chi connectivity index (χ4v) is 2.78. The van der Waals surface area contributed by atoms with Crippen molar-refractivity contribution < 1.29 is 19.2 Å². The zero-order valence-corrected chi connectivity index (χ0v) is 13.4. The van der Waals surface area contributed by atoms with Gasteiger partial charge in [-0.25, -0.2) is 4.68 Å². The molecule has 0 saturated carbocycles. The molecule has 1 aliphatic heterocycles. The Kier molecular flexibility index (Phi) is 4.48. The number of benzene rings is 1. The second-order valence-electron chi connectivity index (χ2n) is 4.96. The number of thioether (sulfide) groups is 1. The number of aromatic nitrogens is 3. The van der Waals surface area contributed by atoms with Gasteiger partial charge in [-0.15, -0.1) is 10.2 Å². The summed E-state index contributed by atoms with van der Waals surface area (Å²) in [5.74, 6) is 5.72. The van der Waals surface area contributed by atoms with E-state index in [-0.39, 0.29) is 18.0 Å². The number of nitrogens with two attached hydrogens (primary N) is 1. The van der Waals surface area contributed by atoms with E-state index in [0.717, 1.165) is 6.08 Å². The van der Waals surface area contributed by atoms with Crippen LogP contribution in [-0.2, 0) is 14.3 Å². The molecular formula is C14H11N5O5S. The number of hydrogen-bond donors (Lipinski definition) is 1. The molecule has 2 N–H and O–H groups in total. The zero-order valence-electron chi connectivity index (χ0n) is 12.6. The standard InChI is InChI=1S/C14H11N5O5S/c15-18-13(8-1-3-9(4-2-8)19(22)23)16-17-14(18)25-7-10-5-11(20)12(21)6-24-10/h1-5H,6-7,15H2.